The zero-order valence-electron chi connectivity index (χ0n) is 19.3. The molecule has 5 heterocycles. The third-order valence-corrected chi connectivity index (χ3v) is 7.67. The number of hydrogen-bond acceptors (Lipinski definition) is 5. The van der Waals surface area contributed by atoms with E-state index >= 15 is 0 Å². The van der Waals surface area contributed by atoms with E-state index in [0.29, 0.717) is 5.39 Å². The molecular weight excluding hydrogens is 443 g/mol. The predicted octanol–water partition coefficient (Wildman–Crippen LogP) is 4.76. The molecule has 0 saturated carbocycles. The number of H-pyrrole nitrogens is 1. The maximum absolute atomic E-state index is 14.3. The van der Waals surface area contributed by atoms with Crippen LogP contribution in [-0.2, 0) is 0 Å². The number of aryl methyl sites for hydroxylation is 1. The topological polar surface area (TPSA) is 84.5 Å². The summed E-state index contributed by atoms with van der Waals surface area (Å²) in [7, 11) is 0. The molecule has 7 nitrogen and oxygen atoms in total. The number of nitrogens with two attached hydrogens (primary N) is 1. The number of ether oxygens (including phenoxy) is 1. The first-order valence-corrected chi connectivity index (χ1v) is 11.9. The number of piperidine rings is 1. The molecule has 1 saturated heterocycles. The first-order chi connectivity index (χ1) is 17.1. The molecule has 3 N–H and O–H groups in total. The number of nitrogens with zero attached hydrogens (tertiary/aromatic N) is 4. The van der Waals surface area contributed by atoms with Gasteiger partial charge in [-0.2, -0.15) is 5.10 Å². The third-order valence-electron chi connectivity index (χ3n) is 7.67. The SMILES string of the molecule is Cc1nc(N2CCC3(CC2)Oc2ccccc2[C@H]3N)c2ccnn2c1-c1ccc(F)c2cc[nH]c12. The lowest BCUT2D eigenvalue weighted by Crippen LogP contribution is -2.51. The zero-order chi connectivity index (χ0) is 23.7. The van der Waals surface area contributed by atoms with E-state index in [2.05, 4.69) is 21.0 Å². The summed E-state index contributed by atoms with van der Waals surface area (Å²) in [4.78, 5) is 10.5. The van der Waals surface area contributed by atoms with Crippen molar-refractivity contribution in [3.8, 4) is 17.0 Å². The van der Waals surface area contributed by atoms with Crippen LogP contribution in [0.5, 0.6) is 5.75 Å². The van der Waals surface area contributed by atoms with Gasteiger partial charge in [0.25, 0.3) is 0 Å². The van der Waals surface area contributed by atoms with Crippen LogP contribution in [0, 0.1) is 12.7 Å². The third kappa shape index (κ3) is 2.86. The fourth-order valence-electron chi connectivity index (χ4n) is 5.84. The van der Waals surface area contributed by atoms with Gasteiger partial charge in [0.1, 0.15) is 22.7 Å². The highest BCUT2D eigenvalue weighted by molar-refractivity contribution is 5.95. The van der Waals surface area contributed by atoms with Crippen LogP contribution < -0.4 is 15.4 Å². The zero-order valence-corrected chi connectivity index (χ0v) is 19.3. The minimum Gasteiger partial charge on any atom is -0.485 e. The summed E-state index contributed by atoms with van der Waals surface area (Å²) in [5.74, 6) is 1.55. The van der Waals surface area contributed by atoms with Gasteiger partial charge in [-0.3, -0.25) is 0 Å². The Morgan fingerprint density at radius 1 is 1.11 bits per heavy atom. The Kier molecular flexibility index (Phi) is 4.26. The highest BCUT2D eigenvalue weighted by Gasteiger charge is 2.48. The van der Waals surface area contributed by atoms with Crippen LogP contribution in [0.2, 0.25) is 0 Å². The largest absolute Gasteiger partial charge is 0.485 e. The maximum atomic E-state index is 14.3. The summed E-state index contributed by atoms with van der Waals surface area (Å²) in [5.41, 5.74) is 11.6. The Hall–Kier alpha value is -3.91. The van der Waals surface area contributed by atoms with Crippen molar-refractivity contribution >= 4 is 22.2 Å². The van der Waals surface area contributed by atoms with Crippen LogP contribution in [0.25, 0.3) is 27.7 Å². The number of aromatic amines is 1. The molecule has 2 aliphatic heterocycles. The molecule has 176 valence electrons. The molecule has 0 amide bonds. The highest BCUT2D eigenvalue weighted by Crippen LogP contribution is 2.47. The number of aromatic nitrogens is 4. The van der Waals surface area contributed by atoms with E-state index in [-0.39, 0.29) is 17.5 Å². The van der Waals surface area contributed by atoms with Crippen LogP contribution in [0.4, 0.5) is 10.2 Å². The van der Waals surface area contributed by atoms with E-state index in [1.165, 1.54) is 6.07 Å². The maximum Gasteiger partial charge on any atom is 0.155 e. The number of benzene rings is 2. The molecule has 35 heavy (non-hydrogen) atoms. The van der Waals surface area contributed by atoms with Gasteiger partial charge >= 0.3 is 0 Å². The van der Waals surface area contributed by atoms with Crippen molar-refractivity contribution in [3.63, 3.8) is 0 Å². The summed E-state index contributed by atoms with van der Waals surface area (Å²) in [6.45, 7) is 3.55. The van der Waals surface area contributed by atoms with Crippen molar-refractivity contribution in [1.82, 2.24) is 19.6 Å². The van der Waals surface area contributed by atoms with Gasteiger partial charge in [0, 0.05) is 48.6 Å². The number of para-hydroxylation sites is 1. The summed E-state index contributed by atoms with van der Waals surface area (Å²) in [6.07, 6.45) is 5.17. The Balaban J connectivity index is 1.25. The average Bonchev–Trinajstić information content (AvgIpc) is 3.60. The summed E-state index contributed by atoms with van der Waals surface area (Å²) in [6, 6.07) is 15.0. The van der Waals surface area contributed by atoms with Gasteiger partial charge in [0.05, 0.1) is 29.1 Å². The number of halogens is 1. The lowest BCUT2D eigenvalue weighted by molar-refractivity contribution is 0.0431. The first kappa shape index (κ1) is 20.5. The predicted molar refractivity (Wildman–Crippen MR) is 133 cm³/mol. The fourth-order valence-corrected chi connectivity index (χ4v) is 5.84. The molecule has 0 unspecified atom stereocenters. The number of fused-ring (bicyclic) bond motifs is 3. The van der Waals surface area contributed by atoms with E-state index in [1.807, 2.05) is 35.7 Å². The molecule has 7 rings (SSSR count). The lowest BCUT2D eigenvalue weighted by atomic mass is 9.83. The monoisotopic (exact) mass is 468 g/mol. The van der Waals surface area contributed by atoms with Crippen molar-refractivity contribution in [2.24, 2.45) is 5.73 Å². The molecule has 1 spiro atoms. The summed E-state index contributed by atoms with van der Waals surface area (Å²) in [5, 5.41) is 5.19. The molecule has 5 aromatic rings. The Bertz CT molecular complexity index is 1600. The van der Waals surface area contributed by atoms with Gasteiger partial charge in [-0.05, 0) is 37.3 Å². The minimum atomic E-state index is -0.376. The molecule has 0 bridgehead atoms. The van der Waals surface area contributed by atoms with E-state index in [0.717, 1.165) is 71.0 Å². The van der Waals surface area contributed by atoms with Gasteiger partial charge in [-0.1, -0.05) is 18.2 Å². The van der Waals surface area contributed by atoms with E-state index in [9.17, 15) is 4.39 Å². The Labute approximate surface area is 201 Å². The molecule has 0 radical (unpaired) electrons. The van der Waals surface area contributed by atoms with E-state index in [1.54, 1.807) is 24.5 Å². The van der Waals surface area contributed by atoms with Crippen molar-refractivity contribution in [1.29, 1.82) is 0 Å². The van der Waals surface area contributed by atoms with Crippen molar-refractivity contribution in [2.45, 2.75) is 31.4 Å². The second-order valence-electron chi connectivity index (χ2n) is 9.53. The second-order valence-corrected chi connectivity index (χ2v) is 9.53. The highest BCUT2D eigenvalue weighted by atomic mass is 19.1. The van der Waals surface area contributed by atoms with Crippen molar-refractivity contribution in [3.05, 3.63) is 78.0 Å². The molecule has 1 fully saturated rings. The van der Waals surface area contributed by atoms with Gasteiger partial charge in [-0.15, -0.1) is 0 Å². The Morgan fingerprint density at radius 3 is 2.77 bits per heavy atom. The molecule has 2 aromatic carbocycles. The number of rotatable bonds is 2. The van der Waals surface area contributed by atoms with Gasteiger partial charge in [-0.25, -0.2) is 13.9 Å². The van der Waals surface area contributed by atoms with Gasteiger partial charge in [0.2, 0.25) is 0 Å². The smallest absolute Gasteiger partial charge is 0.155 e. The quantitative estimate of drug-likeness (QED) is 0.390. The fraction of sp³-hybridized carbons (Fsp3) is 0.259. The molecule has 0 aliphatic carbocycles. The minimum absolute atomic E-state index is 0.130. The summed E-state index contributed by atoms with van der Waals surface area (Å²) >= 11 is 0. The Morgan fingerprint density at radius 2 is 1.94 bits per heavy atom. The second kappa shape index (κ2) is 7.29. The van der Waals surface area contributed by atoms with E-state index < -0.39 is 0 Å². The summed E-state index contributed by atoms with van der Waals surface area (Å²) < 4.78 is 22.7. The number of nitrogens with one attached hydrogen (secondary N) is 1. The van der Waals surface area contributed by atoms with Gasteiger partial charge in [0.15, 0.2) is 5.82 Å². The molecule has 1 atom stereocenters. The first-order valence-electron chi connectivity index (χ1n) is 11.9. The van der Waals surface area contributed by atoms with Crippen LogP contribution in [0.15, 0.2) is 60.9 Å². The molecule has 3 aromatic heterocycles. The molecule has 8 heteroatoms. The number of hydrogen-bond donors (Lipinski definition) is 2. The average molecular weight is 469 g/mol. The lowest BCUT2D eigenvalue weighted by Gasteiger charge is -2.41. The van der Waals surface area contributed by atoms with Crippen LogP contribution in [0.1, 0.15) is 30.1 Å². The van der Waals surface area contributed by atoms with Crippen LogP contribution in [0.3, 0.4) is 0 Å². The molecule has 2 aliphatic rings. The van der Waals surface area contributed by atoms with Gasteiger partial charge < -0.3 is 20.4 Å². The molecular formula is C27H25FN6O. The normalized spacial score (nSPS) is 18.9. The number of anilines is 1. The van der Waals surface area contributed by atoms with Crippen molar-refractivity contribution in [2.75, 3.05) is 18.0 Å². The van der Waals surface area contributed by atoms with Crippen LogP contribution in [-0.4, -0.2) is 38.3 Å². The van der Waals surface area contributed by atoms with E-state index in [4.69, 9.17) is 15.5 Å². The van der Waals surface area contributed by atoms with Crippen LogP contribution >= 0.6 is 0 Å². The van der Waals surface area contributed by atoms with Crippen molar-refractivity contribution < 1.29 is 9.13 Å². The standard InChI is InChI=1S/C27H25FN6O/c1-16-24(19-6-7-20(28)17-8-12-30-23(17)19)34-21(9-13-31-34)26(32-16)33-14-10-27(11-15-33)25(29)18-4-2-3-5-22(18)35-27/h2-9,12-13,25,30H,10-11,14-15,29H2,1H3/t25-/m1/s1.